The van der Waals surface area contributed by atoms with Crippen LogP contribution in [0.3, 0.4) is 0 Å². The molecule has 1 heteroatoms. The predicted molar refractivity (Wildman–Crippen MR) is 76.4 cm³/mol. The van der Waals surface area contributed by atoms with Gasteiger partial charge in [-0.25, -0.2) is 0 Å². The summed E-state index contributed by atoms with van der Waals surface area (Å²) in [5, 5.41) is 3.40. The van der Waals surface area contributed by atoms with Crippen molar-refractivity contribution in [2.75, 3.05) is 13.6 Å². The standard InChI is InChI=1S/C16H27N/c1-5-10-14(3)16(6-2,13-17-4)15-11-8-7-9-12-15/h7-9,11-12,14,17H,5-6,10,13H2,1-4H3. The number of nitrogens with one attached hydrogen (secondary N) is 1. The highest BCUT2D eigenvalue weighted by molar-refractivity contribution is 5.27. The molecule has 2 atom stereocenters. The van der Waals surface area contributed by atoms with Gasteiger partial charge in [0.05, 0.1) is 0 Å². The summed E-state index contributed by atoms with van der Waals surface area (Å²) in [7, 11) is 2.06. The van der Waals surface area contributed by atoms with Crippen molar-refractivity contribution in [1.29, 1.82) is 0 Å². The maximum atomic E-state index is 3.40. The molecule has 0 aliphatic rings. The molecule has 1 aromatic carbocycles. The molecule has 1 nitrogen and oxygen atoms in total. The van der Waals surface area contributed by atoms with Crippen molar-refractivity contribution < 1.29 is 0 Å². The van der Waals surface area contributed by atoms with Crippen LogP contribution in [-0.4, -0.2) is 13.6 Å². The van der Waals surface area contributed by atoms with E-state index in [4.69, 9.17) is 0 Å². The van der Waals surface area contributed by atoms with Crippen molar-refractivity contribution in [2.45, 2.75) is 45.4 Å². The first-order valence-electron chi connectivity index (χ1n) is 6.91. The SMILES string of the molecule is CCCC(C)C(CC)(CNC)c1ccccc1. The molecular formula is C16H27N. The minimum absolute atomic E-state index is 0.284. The Balaban J connectivity index is 3.08. The number of rotatable bonds is 7. The number of benzene rings is 1. The Morgan fingerprint density at radius 3 is 2.29 bits per heavy atom. The molecule has 0 amide bonds. The lowest BCUT2D eigenvalue weighted by molar-refractivity contribution is 0.253. The maximum Gasteiger partial charge on any atom is 0.0101 e. The first-order chi connectivity index (χ1) is 8.21. The molecule has 0 heterocycles. The molecule has 0 saturated carbocycles. The third-order valence-electron chi connectivity index (χ3n) is 4.14. The summed E-state index contributed by atoms with van der Waals surface area (Å²) in [6.45, 7) is 8.06. The summed E-state index contributed by atoms with van der Waals surface area (Å²) < 4.78 is 0. The van der Waals surface area contributed by atoms with Gasteiger partial charge in [-0.15, -0.1) is 0 Å². The lowest BCUT2D eigenvalue weighted by Crippen LogP contribution is -2.42. The van der Waals surface area contributed by atoms with E-state index in [-0.39, 0.29) is 5.41 Å². The van der Waals surface area contributed by atoms with Gasteiger partial charge in [0.15, 0.2) is 0 Å². The molecule has 2 unspecified atom stereocenters. The Labute approximate surface area is 107 Å². The minimum Gasteiger partial charge on any atom is -0.319 e. The first kappa shape index (κ1) is 14.2. The van der Waals surface area contributed by atoms with Crippen LogP contribution in [0, 0.1) is 5.92 Å². The average Bonchev–Trinajstić information content (AvgIpc) is 2.37. The maximum absolute atomic E-state index is 3.40. The molecule has 0 aromatic heterocycles. The van der Waals surface area contributed by atoms with Gasteiger partial charge in [0, 0.05) is 12.0 Å². The van der Waals surface area contributed by atoms with Crippen LogP contribution in [0.5, 0.6) is 0 Å². The molecule has 0 aliphatic carbocycles. The van der Waals surface area contributed by atoms with Gasteiger partial charge in [0.25, 0.3) is 0 Å². The van der Waals surface area contributed by atoms with Crippen molar-refractivity contribution in [3.05, 3.63) is 35.9 Å². The Kier molecular flexibility index (Phi) is 5.70. The van der Waals surface area contributed by atoms with E-state index in [1.165, 1.54) is 24.8 Å². The van der Waals surface area contributed by atoms with E-state index in [0.717, 1.165) is 6.54 Å². The van der Waals surface area contributed by atoms with Crippen molar-refractivity contribution in [3.8, 4) is 0 Å². The van der Waals surface area contributed by atoms with Gasteiger partial charge in [0.2, 0.25) is 0 Å². The Hall–Kier alpha value is -0.820. The third kappa shape index (κ3) is 3.10. The fourth-order valence-corrected chi connectivity index (χ4v) is 3.03. The van der Waals surface area contributed by atoms with E-state index < -0.39 is 0 Å². The number of likely N-dealkylation sites (N-methyl/N-ethyl adjacent to an activating group) is 1. The van der Waals surface area contributed by atoms with Gasteiger partial charge < -0.3 is 5.32 Å². The lowest BCUT2D eigenvalue weighted by Gasteiger charge is -2.39. The Bertz CT molecular complexity index is 307. The Morgan fingerprint density at radius 1 is 1.18 bits per heavy atom. The van der Waals surface area contributed by atoms with Gasteiger partial charge in [0.1, 0.15) is 0 Å². The second-order valence-electron chi connectivity index (χ2n) is 5.10. The van der Waals surface area contributed by atoms with Crippen molar-refractivity contribution in [3.63, 3.8) is 0 Å². The van der Waals surface area contributed by atoms with Crippen molar-refractivity contribution >= 4 is 0 Å². The van der Waals surface area contributed by atoms with Gasteiger partial charge >= 0.3 is 0 Å². The third-order valence-corrected chi connectivity index (χ3v) is 4.14. The summed E-state index contributed by atoms with van der Waals surface area (Å²) >= 11 is 0. The molecule has 0 saturated heterocycles. The monoisotopic (exact) mass is 233 g/mol. The second-order valence-corrected chi connectivity index (χ2v) is 5.10. The van der Waals surface area contributed by atoms with Crippen LogP contribution in [0.25, 0.3) is 0 Å². The normalized spacial score (nSPS) is 16.5. The van der Waals surface area contributed by atoms with Crippen LogP contribution in [0.2, 0.25) is 0 Å². The highest BCUT2D eigenvalue weighted by Crippen LogP contribution is 2.37. The predicted octanol–water partition coefficient (Wildman–Crippen LogP) is 3.99. The molecule has 0 aliphatic heterocycles. The molecule has 96 valence electrons. The van der Waals surface area contributed by atoms with E-state index in [1.54, 1.807) is 0 Å². The number of hydrogen-bond acceptors (Lipinski definition) is 1. The molecule has 17 heavy (non-hydrogen) atoms. The van der Waals surface area contributed by atoms with Gasteiger partial charge in [-0.3, -0.25) is 0 Å². The first-order valence-corrected chi connectivity index (χ1v) is 6.91. The highest BCUT2D eigenvalue weighted by Gasteiger charge is 2.34. The fraction of sp³-hybridized carbons (Fsp3) is 0.625. The Morgan fingerprint density at radius 2 is 1.82 bits per heavy atom. The smallest absolute Gasteiger partial charge is 0.0101 e. The summed E-state index contributed by atoms with van der Waals surface area (Å²) in [6, 6.07) is 11.0. The molecule has 0 radical (unpaired) electrons. The highest BCUT2D eigenvalue weighted by atomic mass is 14.8. The molecule has 1 rings (SSSR count). The van der Waals surface area contributed by atoms with E-state index in [9.17, 15) is 0 Å². The molecule has 0 bridgehead atoms. The molecule has 0 fully saturated rings. The summed E-state index contributed by atoms with van der Waals surface area (Å²) in [5.41, 5.74) is 1.77. The van der Waals surface area contributed by atoms with Gasteiger partial charge in [-0.2, -0.15) is 0 Å². The molecule has 0 spiro atoms. The zero-order valence-corrected chi connectivity index (χ0v) is 11.8. The van der Waals surface area contributed by atoms with Gasteiger partial charge in [-0.1, -0.05) is 63.9 Å². The summed E-state index contributed by atoms with van der Waals surface area (Å²) in [4.78, 5) is 0. The quantitative estimate of drug-likeness (QED) is 0.751. The minimum atomic E-state index is 0.284. The van der Waals surface area contributed by atoms with Crippen LogP contribution >= 0.6 is 0 Å². The molecular weight excluding hydrogens is 206 g/mol. The zero-order chi connectivity index (χ0) is 12.7. The molecule has 1 N–H and O–H groups in total. The van der Waals surface area contributed by atoms with Crippen LogP contribution in [0.4, 0.5) is 0 Å². The van der Waals surface area contributed by atoms with Crippen LogP contribution in [-0.2, 0) is 5.41 Å². The topological polar surface area (TPSA) is 12.0 Å². The zero-order valence-electron chi connectivity index (χ0n) is 11.8. The van der Waals surface area contributed by atoms with Crippen molar-refractivity contribution in [2.24, 2.45) is 5.92 Å². The van der Waals surface area contributed by atoms with E-state index in [0.29, 0.717) is 5.92 Å². The fourth-order valence-electron chi connectivity index (χ4n) is 3.03. The molecule has 1 aromatic rings. The van der Waals surface area contributed by atoms with Crippen LogP contribution < -0.4 is 5.32 Å². The summed E-state index contributed by atoms with van der Waals surface area (Å²) in [6.07, 6.45) is 3.75. The van der Waals surface area contributed by atoms with E-state index in [2.05, 4.69) is 63.5 Å². The van der Waals surface area contributed by atoms with Crippen LogP contribution in [0.1, 0.15) is 45.6 Å². The lowest BCUT2D eigenvalue weighted by atomic mass is 9.67. The van der Waals surface area contributed by atoms with Gasteiger partial charge in [-0.05, 0) is 24.9 Å². The second kappa shape index (κ2) is 6.80. The van der Waals surface area contributed by atoms with Crippen LogP contribution in [0.15, 0.2) is 30.3 Å². The summed E-state index contributed by atoms with van der Waals surface area (Å²) in [5.74, 6) is 0.715. The van der Waals surface area contributed by atoms with E-state index in [1.807, 2.05) is 0 Å². The largest absolute Gasteiger partial charge is 0.319 e. The average molecular weight is 233 g/mol. The van der Waals surface area contributed by atoms with E-state index >= 15 is 0 Å². The number of hydrogen-bond donors (Lipinski definition) is 1. The van der Waals surface area contributed by atoms with Crippen molar-refractivity contribution in [1.82, 2.24) is 5.32 Å².